The van der Waals surface area contributed by atoms with E-state index in [9.17, 15) is 14.9 Å². The molecule has 1 aromatic heterocycles. The zero-order valence-corrected chi connectivity index (χ0v) is 19.1. The molecule has 0 aliphatic carbocycles. The van der Waals surface area contributed by atoms with Crippen LogP contribution in [-0.4, -0.2) is 50.3 Å². The van der Waals surface area contributed by atoms with Crippen LogP contribution in [0, 0.1) is 23.2 Å². The van der Waals surface area contributed by atoms with Crippen LogP contribution in [0.25, 0.3) is 0 Å². The predicted molar refractivity (Wildman–Crippen MR) is 121 cm³/mol. The topological polar surface area (TPSA) is 130 Å². The Hall–Kier alpha value is -3.74. The number of nitrogens with one attached hydrogen (secondary N) is 2. The maximum atomic E-state index is 13.3. The van der Waals surface area contributed by atoms with Crippen molar-refractivity contribution < 1.29 is 19.0 Å². The number of H-pyrrole nitrogens is 1. The Morgan fingerprint density at radius 2 is 1.85 bits per heavy atom. The SMILES string of the molecule is COc1cc(C2c3c(nc(N4CCCC(C)C4)[nH]c3=O)NC(=O)C2C#N)cc(OC)c1OC. The largest absolute Gasteiger partial charge is 0.493 e. The highest BCUT2D eigenvalue weighted by Gasteiger charge is 2.41. The summed E-state index contributed by atoms with van der Waals surface area (Å²) in [4.78, 5) is 35.7. The van der Waals surface area contributed by atoms with Crippen molar-refractivity contribution in [2.75, 3.05) is 44.6 Å². The number of fused-ring (bicyclic) bond motifs is 1. The summed E-state index contributed by atoms with van der Waals surface area (Å²) in [7, 11) is 4.44. The summed E-state index contributed by atoms with van der Waals surface area (Å²) in [6, 6.07) is 5.34. The number of ether oxygens (including phenoxy) is 3. The molecule has 33 heavy (non-hydrogen) atoms. The summed E-state index contributed by atoms with van der Waals surface area (Å²) in [6.07, 6.45) is 2.12. The van der Waals surface area contributed by atoms with Crippen molar-refractivity contribution in [1.29, 1.82) is 5.26 Å². The fraction of sp³-hybridized carbons (Fsp3) is 0.478. The number of rotatable bonds is 5. The number of aromatic amines is 1. The maximum Gasteiger partial charge on any atom is 0.258 e. The number of aromatic nitrogens is 2. The van der Waals surface area contributed by atoms with Gasteiger partial charge in [-0.25, -0.2) is 0 Å². The zero-order valence-electron chi connectivity index (χ0n) is 19.1. The number of carbonyl (C=O) groups excluding carboxylic acids is 1. The lowest BCUT2D eigenvalue weighted by Gasteiger charge is -2.33. The fourth-order valence-electron chi connectivity index (χ4n) is 4.67. The molecule has 10 heteroatoms. The van der Waals surface area contributed by atoms with Gasteiger partial charge in [0.1, 0.15) is 11.7 Å². The van der Waals surface area contributed by atoms with Gasteiger partial charge in [-0.1, -0.05) is 6.92 Å². The number of anilines is 2. The molecule has 2 N–H and O–H groups in total. The fourth-order valence-corrected chi connectivity index (χ4v) is 4.67. The average Bonchev–Trinajstić information content (AvgIpc) is 2.81. The number of nitriles is 1. The highest BCUT2D eigenvalue weighted by atomic mass is 16.5. The Bertz CT molecular complexity index is 1150. The molecule has 0 bridgehead atoms. The van der Waals surface area contributed by atoms with Crippen molar-refractivity contribution in [2.45, 2.75) is 25.7 Å². The molecule has 2 aliphatic rings. The maximum absolute atomic E-state index is 13.3. The molecule has 10 nitrogen and oxygen atoms in total. The molecule has 1 saturated heterocycles. The summed E-state index contributed by atoms with van der Waals surface area (Å²) < 4.78 is 16.3. The summed E-state index contributed by atoms with van der Waals surface area (Å²) in [6.45, 7) is 3.70. The quantitative estimate of drug-likeness (QED) is 0.705. The number of carbonyl (C=O) groups is 1. The van der Waals surface area contributed by atoms with E-state index in [0.717, 1.165) is 25.9 Å². The predicted octanol–water partition coefficient (Wildman–Crippen LogP) is 2.26. The second kappa shape index (κ2) is 9.02. The van der Waals surface area contributed by atoms with Crippen LogP contribution in [0.5, 0.6) is 17.2 Å². The summed E-state index contributed by atoms with van der Waals surface area (Å²) in [5, 5.41) is 12.5. The van der Waals surface area contributed by atoms with E-state index in [2.05, 4.69) is 22.2 Å². The van der Waals surface area contributed by atoms with Crippen molar-refractivity contribution in [2.24, 2.45) is 11.8 Å². The van der Waals surface area contributed by atoms with Gasteiger partial charge in [0, 0.05) is 19.0 Å². The van der Waals surface area contributed by atoms with Gasteiger partial charge in [0.25, 0.3) is 5.56 Å². The Kier molecular flexibility index (Phi) is 6.14. The molecule has 0 spiro atoms. The van der Waals surface area contributed by atoms with Gasteiger partial charge < -0.3 is 24.4 Å². The minimum atomic E-state index is -1.14. The van der Waals surface area contributed by atoms with Crippen LogP contribution in [0.2, 0.25) is 0 Å². The summed E-state index contributed by atoms with van der Waals surface area (Å²) >= 11 is 0. The van der Waals surface area contributed by atoms with Gasteiger partial charge in [-0.05, 0) is 36.5 Å². The van der Waals surface area contributed by atoms with Gasteiger partial charge in [-0.2, -0.15) is 10.2 Å². The number of nitrogens with zero attached hydrogens (tertiary/aromatic N) is 3. The van der Waals surface area contributed by atoms with Gasteiger partial charge in [-0.3, -0.25) is 14.6 Å². The standard InChI is InChI=1S/C23H27N5O5/c1-12-6-5-7-28(11-12)23-26-20-18(22(30)27-23)17(14(10-24)21(29)25-20)13-8-15(31-2)19(33-4)16(9-13)32-3/h8-9,12,14,17H,5-7,11H2,1-4H3,(H2,25,26,27,29,30). The second-order valence-electron chi connectivity index (χ2n) is 8.38. The van der Waals surface area contributed by atoms with Crippen molar-refractivity contribution in [3.63, 3.8) is 0 Å². The first-order valence-corrected chi connectivity index (χ1v) is 10.8. The van der Waals surface area contributed by atoms with Crippen molar-refractivity contribution in [1.82, 2.24) is 9.97 Å². The van der Waals surface area contributed by atoms with Gasteiger partial charge >= 0.3 is 0 Å². The van der Waals surface area contributed by atoms with Crippen LogP contribution in [0.4, 0.5) is 11.8 Å². The number of methoxy groups -OCH3 is 3. The number of hydrogen-bond donors (Lipinski definition) is 2. The van der Waals surface area contributed by atoms with Crippen molar-refractivity contribution >= 4 is 17.7 Å². The van der Waals surface area contributed by atoms with Crippen LogP contribution in [0.1, 0.15) is 36.8 Å². The lowest BCUT2D eigenvalue weighted by atomic mass is 9.79. The van der Waals surface area contributed by atoms with E-state index >= 15 is 0 Å². The molecule has 3 heterocycles. The second-order valence-corrected chi connectivity index (χ2v) is 8.38. The molecular formula is C23H27N5O5. The van der Waals surface area contributed by atoms with E-state index in [1.54, 1.807) is 12.1 Å². The number of hydrogen-bond acceptors (Lipinski definition) is 8. The van der Waals surface area contributed by atoms with Gasteiger partial charge in [0.05, 0.1) is 33.0 Å². The van der Waals surface area contributed by atoms with E-state index in [-0.39, 0.29) is 11.4 Å². The molecule has 0 radical (unpaired) electrons. The third kappa shape index (κ3) is 3.95. The molecule has 0 saturated carbocycles. The lowest BCUT2D eigenvalue weighted by Crippen LogP contribution is -2.41. The van der Waals surface area contributed by atoms with Crippen LogP contribution >= 0.6 is 0 Å². The molecule has 2 aliphatic heterocycles. The minimum absolute atomic E-state index is 0.169. The van der Waals surface area contributed by atoms with Crippen LogP contribution < -0.4 is 30.0 Å². The Balaban J connectivity index is 1.87. The van der Waals surface area contributed by atoms with Crippen LogP contribution in [0.15, 0.2) is 16.9 Å². The van der Waals surface area contributed by atoms with E-state index in [0.29, 0.717) is 34.7 Å². The van der Waals surface area contributed by atoms with Crippen LogP contribution in [-0.2, 0) is 4.79 Å². The monoisotopic (exact) mass is 453 g/mol. The Morgan fingerprint density at radius 1 is 1.15 bits per heavy atom. The van der Waals surface area contributed by atoms with E-state index < -0.39 is 23.3 Å². The third-order valence-electron chi connectivity index (χ3n) is 6.25. The lowest BCUT2D eigenvalue weighted by molar-refractivity contribution is -0.119. The van der Waals surface area contributed by atoms with Crippen molar-refractivity contribution in [3.05, 3.63) is 33.6 Å². The summed E-state index contributed by atoms with van der Waals surface area (Å²) in [5.74, 6) is -0.350. The van der Waals surface area contributed by atoms with Gasteiger partial charge in [-0.15, -0.1) is 0 Å². The number of amides is 1. The molecule has 174 valence electrons. The number of piperidine rings is 1. The normalized spacial score (nSPS) is 22.1. The highest BCUT2D eigenvalue weighted by Crippen LogP contribution is 2.45. The first-order chi connectivity index (χ1) is 15.9. The van der Waals surface area contributed by atoms with Crippen LogP contribution in [0.3, 0.4) is 0 Å². The first-order valence-electron chi connectivity index (χ1n) is 10.8. The molecule has 3 atom stereocenters. The highest BCUT2D eigenvalue weighted by molar-refractivity contribution is 5.98. The first kappa shape index (κ1) is 22.5. The molecule has 2 aromatic rings. The van der Waals surface area contributed by atoms with E-state index in [4.69, 9.17) is 14.2 Å². The van der Waals surface area contributed by atoms with E-state index in [1.165, 1.54) is 21.3 Å². The number of benzene rings is 1. The average molecular weight is 453 g/mol. The molecule has 1 fully saturated rings. The smallest absolute Gasteiger partial charge is 0.258 e. The Labute approximate surface area is 191 Å². The molecule has 3 unspecified atom stereocenters. The van der Waals surface area contributed by atoms with Gasteiger partial charge in [0.15, 0.2) is 11.5 Å². The zero-order chi connectivity index (χ0) is 23.7. The Morgan fingerprint density at radius 3 is 2.42 bits per heavy atom. The molecule has 4 rings (SSSR count). The molecular weight excluding hydrogens is 426 g/mol. The third-order valence-corrected chi connectivity index (χ3v) is 6.25. The molecule has 1 amide bonds. The molecule has 1 aromatic carbocycles. The minimum Gasteiger partial charge on any atom is -0.493 e. The van der Waals surface area contributed by atoms with Gasteiger partial charge in [0.2, 0.25) is 17.6 Å². The summed E-state index contributed by atoms with van der Waals surface area (Å²) in [5.41, 5.74) is 0.343. The van der Waals surface area contributed by atoms with Crippen molar-refractivity contribution in [3.8, 4) is 23.3 Å². The van der Waals surface area contributed by atoms with E-state index in [1.807, 2.05) is 11.0 Å².